The molecule has 0 fully saturated rings. The van der Waals surface area contributed by atoms with Gasteiger partial charge in [-0.25, -0.2) is 0 Å². The maximum Gasteiger partial charge on any atom is 0.241 e. The van der Waals surface area contributed by atoms with E-state index >= 15 is 0 Å². The van der Waals surface area contributed by atoms with E-state index in [9.17, 15) is 4.79 Å². The SMILES string of the molecule is CNC(C(=O)Nc1ccc2c(c1)OCCO2)C(C)C. The first-order valence-electron chi connectivity index (χ1n) is 6.49. The van der Waals surface area contributed by atoms with Gasteiger partial charge in [-0.3, -0.25) is 4.79 Å². The molecule has 1 aliphatic rings. The molecule has 2 rings (SSSR count). The molecule has 1 aliphatic heterocycles. The summed E-state index contributed by atoms with van der Waals surface area (Å²) in [5, 5.41) is 5.90. The molecular weight excluding hydrogens is 244 g/mol. The van der Waals surface area contributed by atoms with Crippen LogP contribution in [0.3, 0.4) is 0 Å². The number of benzene rings is 1. The predicted molar refractivity (Wildman–Crippen MR) is 73.7 cm³/mol. The molecule has 0 radical (unpaired) electrons. The van der Waals surface area contributed by atoms with Crippen molar-refractivity contribution in [2.45, 2.75) is 19.9 Å². The highest BCUT2D eigenvalue weighted by atomic mass is 16.6. The molecule has 0 saturated carbocycles. The summed E-state index contributed by atoms with van der Waals surface area (Å²) in [6.07, 6.45) is 0. The van der Waals surface area contributed by atoms with Crippen molar-refractivity contribution in [3.05, 3.63) is 18.2 Å². The number of nitrogens with one attached hydrogen (secondary N) is 2. The Morgan fingerprint density at radius 2 is 1.89 bits per heavy atom. The normalized spacial score (nSPS) is 15.2. The molecule has 0 saturated heterocycles. The molecule has 19 heavy (non-hydrogen) atoms. The monoisotopic (exact) mass is 264 g/mol. The smallest absolute Gasteiger partial charge is 0.241 e. The summed E-state index contributed by atoms with van der Waals surface area (Å²) < 4.78 is 10.9. The van der Waals surface area contributed by atoms with Crippen molar-refractivity contribution in [2.75, 3.05) is 25.6 Å². The van der Waals surface area contributed by atoms with Gasteiger partial charge in [-0.05, 0) is 25.1 Å². The molecule has 1 amide bonds. The van der Waals surface area contributed by atoms with E-state index in [2.05, 4.69) is 10.6 Å². The van der Waals surface area contributed by atoms with Crippen LogP contribution in [0.5, 0.6) is 11.5 Å². The minimum absolute atomic E-state index is 0.0471. The van der Waals surface area contributed by atoms with Gasteiger partial charge < -0.3 is 20.1 Å². The Hall–Kier alpha value is -1.75. The van der Waals surface area contributed by atoms with E-state index < -0.39 is 0 Å². The van der Waals surface area contributed by atoms with Crippen LogP contribution in [-0.2, 0) is 4.79 Å². The Labute approximate surface area is 113 Å². The number of hydrogen-bond acceptors (Lipinski definition) is 4. The van der Waals surface area contributed by atoms with Crippen LogP contribution < -0.4 is 20.1 Å². The molecule has 104 valence electrons. The van der Waals surface area contributed by atoms with Gasteiger partial charge in [0, 0.05) is 11.8 Å². The summed E-state index contributed by atoms with van der Waals surface area (Å²) in [6, 6.07) is 5.21. The first-order valence-corrected chi connectivity index (χ1v) is 6.49. The summed E-state index contributed by atoms with van der Waals surface area (Å²) in [4.78, 5) is 12.1. The number of carbonyl (C=O) groups is 1. The summed E-state index contributed by atoms with van der Waals surface area (Å²) in [5.41, 5.74) is 0.718. The van der Waals surface area contributed by atoms with Gasteiger partial charge in [0.05, 0.1) is 6.04 Å². The van der Waals surface area contributed by atoms with E-state index in [-0.39, 0.29) is 17.9 Å². The second-order valence-electron chi connectivity index (χ2n) is 4.86. The second kappa shape index (κ2) is 5.93. The molecular formula is C14H20N2O3. The lowest BCUT2D eigenvalue weighted by Crippen LogP contribution is -2.42. The summed E-state index contributed by atoms with van der Waals surface area (Å²) in [7, 11) is 1.79. The van der Waals surface area contributed by atoms with Crippen molar-refractivity contribution in [2.24, 2.45) is 5.92 Å². The summed E-state index contributed by atoms with van der Waals surface area (Å²) in [6.45, 7) is 5.11. The fourth-order valence-corrected chi connectivity index (χ4v) is 2.11. The number of rotatable bonds is 4. The van der Waals surface area contributed by atoms with Crippen LogP contribution in [0, 0.1) is 5.92 Å². The minimum Gasteiger partial charge on any atom is -0.486 e. The quantitative estimate of drug-likeness (QED) is 0.868. The standard InChI is InChI=1S/C14H20N2O3/c1-9(2)13(15-3)14(17)16-10-4-5-11-12(8-10)19-7-6-18-11/h4-5,8-9,13,15H,6-7H2,1-3H3,(H,16,17). The summed E-state index contributed by atoms with van der Waals surface area (Å²) in [5.74, 6) is 1.57. The third-order valence-corrected chi connectivity index (χ3v) is 3.07. The fourth-order valence-electron chi connectivity index (χ4n) is 2.11. The third kappa shape index (κ3) is 3.17. The van der Waals surface area contributed by atoms with E-state index in [1.807, 2.05) is 26.0 Å². The van der Waals surface area contributed by atoms with Crippen molar-refractivity contribution in [1.82, 2.24) is 5.32 Å². The van der Waals surface area contributed by atoms with E-state index in [0.717, 1.165) is 11.4 Å². The Balaban J connectivity index is 2.08. The van der Waals surface area contributed by atoms with Crippen LogP contribution in [0.2, 0.25) is 0 Å². The highest BCUT2D eigenvalue weighted by Crippen LogP contribution is 2.32. The molecule has 0 aliphatic carbocycles. The van der Waals surface area contributed by atoms with Gasteiger partial charge in [-0.15, -0.1) is 0 Å². The zero-order valence-electron chi connectivity index (χ0n) is 11.5. The number of hydrogen-bond donors (Lipinski definition) is 2. The predicted octanol–water partition coefficient (Wildman–Crippen LogP) is 1.64. The van der Waals surface area contributed by atoms with Crippen LogP contribution in [0.1, 0.15) is 13.8 Å². The molecule has 1 unspecified atom stereocenters. The molecule has 5 nitrogen and oxygen atoms in total. The van der Waals surface area contributed by atoms with Gasteiger partial charge in [-0.1, -0.05) is 13.8 Å². The highest BCUT2D eigenvalue weighted by molar-refractivity contribution is 5.95. The van der Waals surface area contributed by atoms with Gasteiger partial charge in [0.25, 0.3) is 0 Å². The zero-order chi connectivity index (χ0) is 13.8. The molecule has 2 N–H and O–H groups in total. The third-order valence-electron chi connectivity index (χ3n) is 3.07. The first-order chi connectivity index (χ1) is 9.11. The zero-order valence-corrected chi connectivity index (χ0v) is 11.5. The van der Waals surface area contributed by atoms with Crippen molar-refractivity contribution in [3.8, 4) is 11.5 Å². The number of carbonyl (C=O) groups excluding carboxylic acids is 1. The van der Waals surface area contributed by atoms with Crippen LogP contribution >= 0.6 is 0 Å². The van der Waals surface area contributed by atoms with Crippen molar-refractivity contribution in [1.29, 1.82) is 0 Å². The number of amides is 1. The molecule has 1 atom stereocenters. The average molecular weight is 264 g/mol. The Morgan fingerprint density at radius 3 is 2.53 bits per heavy atom. The van der Waals surface area contributed by atoms with E-state index in [0.29, 0.717) is 19.0 Å². The lowest BCUT2D eigenvalue weighted by molar-refractivity contribution is -0.118. The van der Waals surface area contributed by atoms with Crippen LogP contribution in [0.15, 0.2) is 18.2 Å². The van der Waals surface area contributed by atoms with Crippen molar-refractivity contribution in [3.63, 3.8) is 0 Å². The van der Waals surface area contributed by atoms with Crippen LogP contribution in [0.4, 0.5) is 5.69 Å². The first kappa shape index (κ1) is 13.7. The van der Waals surface area contributed by atoms with Gasteiger partial charge >= 0.3 is 0 Å². The average Bonchev–Trinajstić information content (AvgIpc) is 2.39. The number of fused-ring (bicyclic) bond motifs is 1. The number of anilines is 1. The number of likely N-dealkylation sites (N-methyl/N-ethyl adjacent to an activating group) is 1. The molecule has 1 heterocycles. The van der Waals surface area contributed by atoms with E-state index in [1.54, 1.807) is 13.1 Å². The lowest BCUT2D eigenvalue weighted by atomic mass is 10.0. The van der Waals surface area contributed by atoms with E-state index in [4.69, 9.17) is 9.47 Å². The lowest BCUT2D eigenvalue weighted by Gasteiger charge is -2.21. The minimum atomic E-state index is -0.215. The molecule has 1 aromatic rings. The highest BCUT2D eigenvalue weighted by Gasteiger charge is 2.20. The van der Waals surface area contributed by atoms with Gasteiger partial charge in [0.15, 0.2) is 11.5 Å². The topological polar surface area (TPSA) is 59.6 Å². The molecule has 5 heteroatoms. The molecule has 1 aromatic carbocycles. The molecule has 0 bridgehead atoms. The van der Waals surface area contributed by atoms with E-state index in [1.165, 1.54) is 0 Å². The van der Waals surface area contributed by atoms with Gasteiger partial charge in [0.1, 0.15) is 13.2 Å². The second-order valence-corrected chi connectivity index (χ2v) is 4.86. The van der Waals surface area contributed by atoms with Crippen molar-refractivity contribution >= 4 is 11.6 Å². The fraction of sp³-hybridized carbons (Fsp3) is 0.500. The van der Waals surface area contributed by atoms with Gasteiger partial charge in [-0.2, -0.15) is 0 Å². The van der Waals surface area contributed by atoms with Crippen LogP contribution in [-0.4, -0.2) is 32.2 Å². The Kier molecular flexibility index (Phi) is 4.27. The Bertz CT molecular complexity index is 460. The Morgan fingerprint density at radius 1 is 1.21 bits per heavy atom. The molecule has 0 aromatic heterocycles. The maximum absolute atomic E-state index is 12.1. The number of ether oxygens (including phenoxy) is 2. The van der Waals surface area contributed by atoms with Gasteiger partial charge in [0.2, 0.25) is 5.91 Å². The largest absolute Gasteiger partial charge is 0.486 e. The van der Waals surface area contributed by atoms with Crippen LogP contribution in [0.25, 0.3) is 0 Å². The van der Waals surface area contributed by atoms with Crippen molar-refractivity contribution < 1.29 is 14.3 Å². The summed E-state index contributed by atoms with van der Waals surface area (Å²) >= 11 is 0. The molecule has 0 spiro atoms. The maximum atomic E-state index is 12.1.